The van der Waals surface area contributed by atoms with E-state index in [1.807, 2.05) is 13.8 Å². The van der Waals surface area contributed by atoms with Gasteiger partial charge in [-0.25, -0.2) is 13.2 Å². The fourth-order valence-electron chi connectivity index (χ4n) is 5.11. The SMILES string of the molecule is CC(C)CC(N)C(=O)N1CCCC1C(=O)NC(CC(=O)N1CCCC1C#N)Cc1cc(F)c(F)cc1F.Cl. The van der Waals surface area contributed by atoms with Crippen LogP contribution < -0.4 is 11.1 Å². The molecule has 210 valence electrons. The molecule has 3 rings (SSSR count). The number of likely N-dealkylation sites (tertiary alicyclic amines) is 2. The smallest absolute Gasteiger partial charge is 0.243 e. The molecule has 38 heavy (non-hydrogen) atoms. The van der Waals surface area contributed by atoms with Gasteiger partial charge in [0.05, 0.1) is 12.1 Å². The standard InChI is InChI=1S/C26H34F3N5O3.ClH/c1-15(2)9-22(31)26(37)34-8-4-6-23(34)25(36)32-17(10-16-11-20(28)21(29)13-19(16)27)12-24(35)33-7-3-5-18(33)14-30;/h11,13,15,17-18,22-23H,3-10,12,31H2,1-2H3,(H,32,36);1H. The number of carbonyl (C=O) groups excluding carboxylic acids is 3. The van der Waals surface area contributed by atoms with Crippen LogP contribution in [0.25, 0.3) is 0 Å². The van der Waals surface area contributed by atoms with E-state index in [0.717, 1.165) is 0 Å². The predicted octanol–water partition coefficient (Wildman–Crippen LogP) is 2.82. The van der Waals surface area contributed by atoms with Crippen LogP contribution in [0.5, 0.6) is 0 Å². The molecule has 1 aromatic rings. The van der Waals surface area contributed by atoms with Gasteiger partial charge in [-0.05, 0) is 56.1 Å². The average molecular weight is 558 g/mol. The Morgan fingerprint density at radius 1 is 1.08 bits per heavy atom. The molecule has 2 heterocycles. The molecule has 2 saturated heterocycles. The van der Waals surface area contributed by atoms with E-state index in [9.17, 15) is 32.8 Å². The predicted molar refractivity (Wildman–Crippen MR) is 136 cm³/mol. The fraction of sp³-hybridized carbons (Fsp3) is 0.615. The number of hydrogen-bond acceptors (Lipinski definition) is 5. The molecule has 2 fully saturated rings. The molecule has 3 amide bonds. The lowest BCUT2D eigenvalue weighted by molar-refractivity contribution is -0.140. The summed E-state index contributed by atoms with van der Waals surface area (Å²) in [5.74, 6) is -4.66. The van der Waals surface area contributed by atoms with Crippen LogP contribution in [0.2, 0.25) is 0 Å². The number of carbonyl (C=O) groups is 3. The van der Waals surface area contributed by atoms with Crippen molar-refractivity contribution >= 4 is 30.1 Å². The van der Waals surface area contributed by atoms with E-state index in [1.54, 1.807) is 0 Å². The summed E-state index contributed by atoms with van der Waals surface area (Å²) in [6.45, 7) is 4.63. The Bertz CT molecular complexity index is 1070. The first-order valence-electron chi connectivity index (χ1n) is 12.7. The largest absolute Gasteiger partial charge is 0.351 e. The van der Waals surface area contributed by atoms with Crippen LogP contribution in [-0.2, 0) is 20.8 Å². The molecular formula is C26H35ClF3N5O3. The van der Waals surface area contributed by atoms with E-state index < -0.39 is 53.4 Å². The first kappa shape index (κ1) is 31.4. The number of hydrogen-bond donors (Lipinski definition) is 2. The van der Waals surface area contributed by atoms with Gasteiger partial charge in [-0.3, -0.25) is 14.4 Å². The zero-order valence-corrected chi connectivity index (χ0v) is 22.4. The third-order valence-electron chi connectivity index (χ3n) is 6.93. The highest BCUT2D eigenvalue weighted by Crippen LogP contribution is 2.23. The van der Waals surface area contributed by atoms with Crippen molar-refractivity contribution in [2.45, 2.75) is 83.0 Å². The summed E-state index contributed by atoms with van der Waals surface area (Å²) >= 11 is 0. The van der Waals surface area contributed by atoms with Crippen LogP contribution in [0.15, 0.2) is 12.1 Å². The van der Waals surface area contributed by atoms with E-state index in [-0.39, 0.29) is 42.6 Å². The van der Waals surface area contributed by atoms with Gasteiger partial charge >= 0.3 is 0 Å². The molecule has 4 atom stereocenters. The lowest BCUT2D eigenvalue weighted by Crippen LogP contribution is -2.53. The lowest BCUT2D eigenvalue weighted by atomic mass is 10.0. The summed E-state index contributed by atoms with van der Waals surface area (Å²) < 4.78 is 41.7. The molecule has 0 aromatic heterocycles. The Balaban J connectivity index is 0.00000507. The third-order valence-corrected chi connectivity index (χ3v) is 6.93. The van der Waals surface area contributed by atoms with Gasteiger partial charge in [0.1, 0.15) is 17.9 Å². The molecule has 0 aliphatic carbocycles. The molecule has 12 heteroatoms. The Kier molecular flexibility index (Phi) is 11.4. The minimum absolute atomic E-state index is 0. The minimum atomic E-state index is -1.34. The summed E-state index contributed by atoms with van der Waals surface area (Å²) in [7, 11) is 0. The molecule has 4 unspecified atom stereocenters. The van der Waals surface area contributed by atoms with Crippen LogP contribution in [0.4, 0.5) is 13.2 Å². The summed E-state index contributed by atoms with van der Waals surface area (Å²) in [6, 6.07) is 0.0892. The molecule has 1 aromatic carbocycles. The number of amides is 3. The maximum atomic E-state index is 14.4. The van der Waals surface area contributed by atoms with E-state index in [0.29, 0.717) is 57.3 Å². The highest BCUT2D eigenvalue weighted by molar-refractivity contribution is 5.90. The van der Waals surface area contributed by atoms with Crippen molar-refractivity contribution in [1.82, 2.24) is 15.1 Å². The maximum absolute atomic E-state index is 14.4. The first-order chi connectivity index (χ1) is 17.5. The van der Waals surface area contributed by atoms with E-state index in [4.69, 9.17) is 5.73 Å². The van der Waals surface area contributed by atoms with Crippen molar-refractivity contribution in [3.8, 4) is 6.07 Å². The number of benzene rings is 1. The molecule has 3 N–H and O–H groups in total. The third kappa shape index (κ3) is 7.60. The van der Waals surface area contributed by atoms with Crippen molar-refractivity contribution < 1.29 is 27.6 Å². The monoisotopic (exact) mass is 557 g/mol. The van der Waals surface area contributed by atoms with Crippen molar-refractivity contribution in [2.75, 3.05) is 13.1 Å². The van der Waals surface area contributed by atoms with E-state index in [2.05, 4.69) is 11.4 Å². The number of nitriles is 1. The number of nitrogens with one attached hydrogen (secondary N) is 1. The summed E-state index contributed by atoms with van der Waals surface area (Å²) in [6.07, 6.45) is 2.11. The quantitative estimate of drug-likeness (QED) is 0.453. The second-order valence-corrected chi connectivity index (χ2v) is 10.3. The van der Waals surface area contributed by atoms with Gasteiger partial charge in [0, 0.05) is 31.6 Å². The Morgan fingerprint density at radius 3 is 2.37 bits per heavy atom. The average Bonchev–Trinajstić information content (AvgIpc) is 3.51. The molecule has 8 nitrogen and oxygen atoms in total. The summed E-state index contributed by atoms with van der Waals surface area (Å²) in [5, 5.41) is 12.1. The molecular weight excluding hydrogens is 523 g/mol. The van der Waals surface area contributed by atoms with Crippen molar-refractivity contribution in [2.24, 2.45) is 11.7 Å². The lowest BCUT2D eigenvalue weighted by Gasteiger charge is -2.29. The molecule has 0 bridgehead atoms. The fourth-order valence-corrected chi connectivity index (χ4v) is 5.11. The number of halogens is 4. The number of nitrogens with two attached hydrogens (primary N) is 1. The topological polar surface area (TPSA) is 120 Å². The Hall–Kier alpha value is -2.84. The first-order valence-corrected chi connectivity index (χ1v) is 12.7. The molecule has 0 spiro atoms. The van der Waals surface area contributed by atoms with Crippen molar-refractivity contribution in [3.05, 3.63) is 35.1 Å². The zero-order chi connectivity index (χ0) is 27.3. The Labute approximate surface area is 227 Å². The van der Waals surface area contributed by atoms with Gasteiger partial charge in [-0.15, -0.1) is 12.4 Å². The van der Waals surface area contributed by atoms with E-state index in [1.165, 1.54) is 9.80 Å². The molecule has 0 radical (unpaired) electrons. The summed E-state index contributed by atoms with van der Waals surface area (Å²) in [5.41, 5.74) is 5.86. The Morgan fingerprint density at radius 2 is 1.71 bits per heavy atom. The van der Waals surface area contributed by atoms with Crippen LogP contribution in [-0.4, -0.2) is 64.8 Å². The van der Waals surface area contributed by atoms with Gasteiger partial charge in [0.15, 0.2) is 11.6 Å². The van der Waals surface area contributed by atoms with Crippen LogP contribution in [0.3, 0.4) is 0 Å². The van der Waals surface area contributed by atoms with Crippen LogP contribution in [0.1, 0.15) is 57.9 Å². The highest BCUT2D eigenvalue weighted by Gasteiger charge is 2.38. The van der Waals surface area contributed by atoms with Gasteiger partial charge in [-0.1, -0.05) is 13.8 Å². The highest BCUT2D eigenvalue weighted by atomic mass is 35.5. The second kappa shape index (κ2) is 13.8. The minimum Gasteiger partial charge on any atom is -0.351 e. The van der Waals surface area contributed by atoms with Gasteiger partial charge < -0.3 is 20.9 Å². The molecule has 0 saturated carbocycles. The van der Waals surface area contributed by atoms with Crippen molar-refractivity contribution in [1.29, 1.82) is 5.26 Å². The number of rotatable bonds is 9. The maximum Gasteiger partial charge on any atom is 0.243 e. The van der Waals surface area contributed by atoms with Crippen molar-refractivity contribution in [3.63, 3.8) is 0 Å². The van der Waals surface area contributed by atoms with E-state index >= 15 is 0 Å². The molecule has 2 aliphatic heterocycles. The van der Waals surface area contributed by atoms with Gasteiger partial charge in [0.2, 0.25) is 17.7 Å². The van der Waals surface area contributed by atoms with Crippen LogP contribution in [0, 0.1) is 34.7 Å². The van der Waals surface area contributed by atoms with Crippen LogP contribution >= 0.6 is 12.4 Å². The summed E-state index contributed by atoms with van der Waals surface area (Å²) in [4.78, 5) is 42.0. The van der Waals surface area contributed by atoms with Gasteiger partial charge in [-0.2, -0.15) is 5.26 Å². The number of nitrogens with zero attached hydrogens (tertiary/aromatic N) is 3. The second-order valence-electron chi connectivity index (χ2n) is 10.3. The normalized spacial score (nSPS) is 20.6. The zero-order valence-electron chi connectivity index (χ0n) is 21.6. The molecule has 2 aliphatic rings. The van der Waals surface area contributed by atoms with Gasteiger partial charge in [0.25, 0.3) is 0 Å².